The van der Waals surface area contributed by atoms with Crippen LogP contribution < -0.4 is 9.05 Å². The highest BCUT2D eigenvalue weighted by atomic mass is 31.2. The van der Waals surface area contributed by atoms with E-state index in [1.54, 1.807) is 0 Å². The molecule has 0 aliphatic carbocycles. The lowest BCUT2D eigenvalue weighted by Crippen LogP contribution is -2.20. The monoisotopic (exact) mass is 560 g/mol. The van der Waals surface area contributed by atoms with Crippen LogP contribution in [0.25, 0.3) is 0 Å². The highest BCUT2D eigenvalue weighted by Crippen LogP contribution is 2.51. The lowest BCUT2D eigenvalue weighted by atomic mass is 9.76. The van der Waals surface area contributed by atoms with Crippen LogP contribution in [0.2, 0.25) is 0 Å². The minimum atomic E-state index is -3.58. The average molecular weight is 561 g/mol. The molecule has 2 aromatic carbocycles. The summed E-state index contributed by atoms with van der Waals surface area (Å²) < 4.78 is 64.4. The van der Waals surface area contributed by atoms with Gasteiger partial charge < -0.3 is 9.05 Å². The van der Waals surface area contributed by atoms with Gasteiger partial charge in [0.25, 0.3) is 0 Å². The third-order valence-electron chi connectivity index (χ3n) is 6.26. The number of rotatable bonds is 6. The van der Waals surface area contributed by atoms with E-state index in [0.717, 1.165) is 33.4 Å². The lowest BCUT2D eigenvalue weighted by Gasteiger charge is -2.31. The molecule has 0 fully saturated rings. The Hall–Kier alpha value is -1.38. The number of halogens is 4. The molecule has 2 nitrogen and oxygen atoms in total. The van der Waals surface area contributed by atoms with Gasteiger partial charge in [-0.25, -0.2) is 0 Å². The molecule has 0 heterocycles. The molecule has 0 bridgehead atoms. The SMILES string of the molecule is CC(C)(C)c1cc(Cc2cc(C(C)(C)C)c(OP(F)F)c(C(C)(C)C)c2)cc(C(C)(C)C)c1OP(F)F. The zero-order chi connectivity index (χ0) is 28.7. The summed E-state index contributed by atoms with van der Waals surface area (Å²) >= 11 is 0. The molecular weight excluding hydrogens is 518 g/mol. The maximum Gasteiger partial charge on any atom is 0.481 e. The van der Waals surface area contributed by atoms with Crippen molar-refractivity contribution in [2.45, 2.75) is 111 Å². The van der Waals surface area contributed by atoms with E-state index in [1.165, 1.54) is 0 Å². The second-order valence-corrected chi connectivity index (χ2v) is 15.0. The normalized spacial score (nSPS) is 13.5. The van der Waals surface area contributed by atoms with Crippen LogP contribution in [0.1, 0.15) is 116 Å². The van der Waals surface area contributed by atoms with E-state index < -0.39 is 39.2 Å². The minimum Gasteiger partial charge on any atom is -0.420 e. The molecule has 208 valence electrons. The second-order valence-electron chi connectivity index (χ2n) is 13.8. The van der Waals surface area contributed by atoms with E-state index in [0.29, 0.717) is 6.42 Å². The molecule has 0 saturated carbocycles. The Kier molecular flexibility index (Phi) is 9.47. The molecule has 8 heteroatoms. The van der Waals surface area contributed by atoms with Crippen LogP contribution in [0, 0.1) is 0 Å². The second kappa shape index (κ2) is 11.0. The number of hydrogen-bond donors (Lipinski definition) is 0. The van der Waals surface area contributed by atoms with Gasteiger partial charge in [0.05, 0.1) is 0 Å². The zero-order valence-electron chi connectivity index (χ0n) is 24.2. The Labute approximate surface area is 223 Å². The van der Waals surface area contributed by atoms with Gasteiger partial charge in [0.1, 0.15) is 11.5 Å². The molecule has 0 unspecified atom stereocenters. The van der Waals surface area contributed by atoms with Gasteiger partial charge in [-0.15, -0.1) is 16.8 Å². The Bertz CT molecular complexity index is 945. The molecule has 0 radical (unpaired) electrons. The van der Waals surface area contributed by atoms with E-state index in [1.807, 2.05) is 107 Å². The Morgan fingerprint density at radius 2 is 0.703 bits per heavy atom. The van der Waals surface area contributed by atoms with Crippen LogP contribution in [0.3, 0.4) is 0 Å². The van der Waals surface area contributed by atoms with Crippen molar-refractivity contribution in [2.24, 2.45) is 0 Å². The predicted molar refractivity (Wildman–Crippen MR) is 150 cm³/mol. The Balaban J connectivity index is 2.84. The van der Waals surface area contributed by atoms with Crippen LogP contribution >= 0.6 is 17.5 Å². The quantitative estimate of drug-likeness (QED) is 0.258. The lowest BCUT2D eigenvalue weighted by molar-refractivity contribution is 0.458. The maximum atomic E-state index is 13.5. The molecule has 0 spiro atoms. The first-order valence-electron chi connectivity index (χ1n) is 12.5. The molecule has 0 N–H and O–H groups in total. The van der Waals surface area contributed by atoms with Gasteiger partial charge in [-0.05, 0) is 39.2 Å². The van der Waals surface area contributed by atoms with E-state index in [2.05, 4.69) is 0 Å². The van der Waals surface area contributed by atoms with Crippen molar-refractivity contribution in [3.05, 3.63) is 57.6 Å². The van der Waals surface area contributed by atoms with Crippen molar-refractivity contribution in [1.29, 1.82) is 0 Å². The standard InChI is InChI=1S/C29H42F4O2P2/c1-26(2,3)20-14-18(15-21(27(4,5)6)24(20)34-36(30)31)13-19-16-22(28(7,8)9)25(35-37(32)33)23(17-19)29(10,11)12/h14-17H,13H2,1-12H3. The van der Waals surface area contributed by atoms with Gasteiger partial charge in [0.2, 0.25) is 0 Å². The Morgan fingerprint density at radius 3 is 0.865 bits per heavy atom. The van der Waals surface area contributed by atoms with E-state index in [9.17, 15) is 16.8 Å². The molecule has 0 amide bonds. The summed E-state index contributed by atoms with van der Waals surface area (Å²) in [5, 5.41) is 0. The van der Waals surface area contributed by atoms with Gasteiger partial charge in [-0.2, -0.15) is 0 Å². The topological polar surface area (TPSA) is 18.5 Å². The third-order valence-corrected chi connectivity index (χ3v) is 6.90. The zero-order valence-corrected chi connectivity index (χ0v) is 26.0. The molecule has 37 heavy (non-hydrogen) atoms. The summed E-state index contributed by atoms with van der Waals surface area (Å²) in [4.78, 5) is 0. The van der Waals surface area contributed by atoms with Crippen LogP contribution in [-0.4, -0.2) is 0 Å². The van der Waals surface area contributed by atoms with Gasteiger partial charge >= 0.3 is 17.5 Å². The molecule has 0 atom stereocenters. The van der Waals surface area contributed by atoms with Crippen molar-refractivity contribution in [2.75, 3.05) is 0 Å². The van der Waals surface area contributed by atoms with Crippen LogP contribution in [0.15, 0.2) is 24.3 Å². The molecule has 0 aromatic heterocycles. The Morgan fingerprint density at radius 1 is 0.486 bits per heavy atom. The van der Waals surface area contributed by atoms with Gasteiger partial charge in [-0.1, -0.05) is 107 Å². The number of benzene rings is 2. The summed E-state index contributed by atoms with van der Waals surface area (Å²) in [5.74, 6) is 0.516. The first-order chi connectivity index (χ1) is 16.5. The fraction of sp³-hybridized carbons (Fsp3) is 0.586. The summed E-state index contributed by atoms with van der Waals surface area (Å²) in [5.41, 5.74) is 3.10. The van der Waals surface area contributed by atoms with Crippen molar-refractivity contribution >= 4 is 17.5 Å². The van der Waals surface area contributed by atoms with E-state index in [4.69, 9.17) is 9.05 Å². The van der Waals surface area contributed by atoms with Crippen LogP contribution in [0.5, 0.6) is 11.5 Å². The van der Waals surface area contributed by atoms with Crippen molar-refractivity contribution in [1.82, 2.24) is 0 Å². The van der Waals surface area contributed by atoms with E-state index in [-0.39, 0.29) is 11.5 Å². The summed E-state index contributed by atoms with van der Waals surface area (Å²) in [7, 11) is -7.16. The van der Waals surface area contributed by atoms with Crippen molar-refractivity contribution in [3.63, 3.8) is 0 Å². The highest BCUT2D eigenvalue weighted by Gasteiger charge is 2.32. The maximum absolute atomic E-state index is 13.5. The molecular formula is C29H42F4O2P2. The molecule has 2 rings (SSSR count). The molecule has 0 aliphatic rings. The van der Waals surface area contributed by atoms with E-state index >= 15 is 0 Å². The smallest absolute Gasteiger partial charge is 0.420 e. The minimum absolute atomic E-state index is 0.258. The van der Waals surface area contributed by atoms with Gasteiger partial charge in [0.15, 0.2) is 0 Å². The number of hydrogen-bond acceptors (Lipinski definition) is 2. The van der Waals surface area contributed by atoms with Gasteiger partial charge in [0, 0.05) is 22.3 Å². The summed E-state index contributed by atoms with van der Waals surface area (Å²) in [6.45, 7) is 23.8. The summed E-state index contributed by atoms with van der Waals surface area (Å²) in [6, 6.07) is 7.79. The largest absolute Gasteiger partial charge is 0.481 e. The molecule has 0 aliphatic heterocycles. The molecule has 0 saturated heterocycles. The predicted octanol–water partition coefficient (Wildman–Crippen LogP) is 11.6. The van der Waals surface area contributed by atoms with Crippen LogP contribution in [0.4, 0.5) is 16.8 Å². The highest BCUT2D eigenvalue weighted by molar-refractivity contribution is 7.41. The first kappa shape index (κ1) is 31.8. The average Bonchev–Trinajstić information content (AvgIpc) is 2.65. The first-order valence-corrected chi connectivity index (χ1v) is 14.5. The fourth-order valence-electron chi connectivity index (χ4n) is 4.38. The van der Waals surface area contributed by atoms with Crippen molar-refractivity contribution in [3.8, 4) is 11.5 Å². The third kappa shape index (κ3) is 8.30. The molecule has 2 aromatic rings. The van der Waals surface area contributed by atoms with Crippen LogP contribution in [-0.2, 0) is 28.1 Å². The van der Waals surface area contributed by atoms with Gasteiger partial charge in [-0.3, -0.25) is 0 Å². The van der Waals surface area contributed by atoms with Crippen molar-refractivity contribution < 1.29 is 25.8 Å². The summed E-state index contributed by atoms with van der Waals surface area (Å²) in [6.07, 6.45) is 0.513. The fourth-order valence-corrected chi connectivity index (χ4v) is 5.05.